The zero-order chi connectivity index (χ0) is 22.5. The number of benzene rings is 2. The van der Waals surface area contributed by atoms with Gasteiger partial charge < -0.3 is 10.6 Å². The monoisotopic (exact) mass is 463 g/mol. The number of carbonyl (C=O) groups is 2. The second kappa shape index (κ2) is 9.99. The summed E-state index contributed by atoms with van der Waals surface area (Å²) in [7, 11) is 0. The van der Waals surface area contributed by atoms with Crippen LogP contribution in [0.15, 0.2) is 54.6 Å². The van der Waals surface area contributed by atoms with Crippen molar-refractivity contribution in [1.82, 2.24) is 5.32 Å². The minimum atomic E-state index is -0.542. The van der Waals surface area contributed by atoms with Crippen molar-refractivity contribution in [2.24, 2.45) is 0 Å². The van der Waals surface area contributed by atoms with Gasteiger partial charge in [0.25, 0.3) is 5.91 Å². The van der Waals surface area contributed by atoms with E-state index in [1.165, 1.54) is 16.2 Å². The fourth-order valence-electron chi connectivity index (χ4n) is 3.95. The number of carbonyl (C=O) groups excluding carboxylic acids is 2. The van der Waals surface area contributed by atoms with Gasteiger partial charge >= 0.3 is 0 Å². The highest BCUT2D eigenvalue weighted by Gasteiger charge is 2.24. The molecule has 5 nitrogen and oxygen atoms in total. The van der Waals surface area contributed by atoms with Crippen LogP contribution in [0, 0.1) is 11.3 Å². The van der Waals surface area contributed by atoms with Gasteiger partial charge in [0.05, 0.1) is 28.6 Å². The van der Waals surface area contributed by atoms with Gasteiger partial charge in [-0.25, -0.2) is 0 Å². The molecule has 162 valence electrons. The van der Waals surface area contributed by atoms with Gasteiger partial charge in [-0.3, -0.25) is 9.59 Å². The number of halogens is 1. The number of fused-ring (bicyclic) bond motifs is 1. The Morgan fingerprint density at radius 3 is 2.53 bits per heavy atom. The van der Waals surface area contributed by atoms with Crippen LogP contribution in [0.5, 0.6) is 0 Å². The third kappa shape index (κ3) is 4.85. The zero-order valence-corrected chi connectivity index (χ0v) is 18.9. The summed E-state index contributed by atoms with van der Waals surface area (Å²) in [6.45, 7) is 0. The summed E-state index contributed by atoms with van der Waals surface area (Å²) < 4.78 is 0. The summed E-state index contributed by atoms with van der Waals surface area (Å²) in [4.78, 5) is 27.0. The van der Waals surface area contributed by atoms with Crippen LogP contribution in [-0.4, -0.2) is 11.8 Å². The maximum absolute atomic E-state index is 13.0. The van der Waals surface area contributed by atoms with Crippen molar-refractivity contribution in [3.8, 4) is 6.07 Å². The highest BCUT2D eigenvalue weighted by molar-refractivity contribution is 7.16. The molecule has 0 aliphatic heterocycles. The van der Waals surface area contributed by atoms with Crippen LogP contribution >= 0.6 is 22.9 Å². The van der Waals surface area contributed by atoms with Crippen molar-refractivity contribution in [2.45, 2.75) is 38.1 Å². The molecule has 0 spiro atoms. The second-order valence-electron chi connectivity index (χ2n) is 7.70. The van der Waals surface area contributed by atoms with Gasteiger partial charge in [0.2, 0.25) is 5.91 Å². The molecule has 1 atom stereocenters. The first kappa shape index (κ1) is 22.1. The van der Waals surface area contributed by atoms with Crippen LogP contribution in [0.3, 0.4) is 0 Å². The van der Waals surface area contributed by atoms with Crippen molar-refractivity contribution < 1.29 is 9.59 Å². The summed E-state index contributed by atoms with van der Waals surface area (Å²) in [5.41, 5.74) is 2.82. The molecule has 0 saturated heterocycles. The van der Waals surface area contributed by atoms with E-state index in [2.05, 4.69) is 16.7 Å². The van der Waals surface area contributed by atoms with Crippen LogP contribution in [0.2, 0.25) is 5.02 Å². The van der Waals surface area contributed by atoms with Crippen LogP contribution in [0.4, 0.5) is 5.00 Å². The van der Waals surface area contributed by atoms with Gasteiger partial charge in [-0.15, -0.1) is 11.3 Å². The van der Waals surface area contributed by atoms with Gasteiger partial charge in [-0.1, -0.05) is 54.1 Å². The van der Waals surface area contributed by atoms with E-state index in [0.29, 0.717) is 21.2 Å². The molecule has 3 aromatic rings. The molecule has 0 radical (unpaired) electrons. The molecule has 0 fully saturated rings. The van der Waals surface area contributed by atoms with E-state index in [1.54, 1.807) is 24.3 Å². The van der Waals surface area contributed by atoms with Crippen LogP contribution in [0.1, 0.15) is 57.2 Å². The minimum absolute atomic E-state index is 0.0354. The van der Waals surface area contributed by atoms with Gasteiger partial charge in [0, 0.05) is 4.88 Å². The van der Waals surface area contributed by atoms with Crippen molar-refractivity contribution >= 4 is 39.8 Å². The maximum atomic E-state index is 13.0. The van der Waals surface area contributed by atoms with Crippen LogP contribution in [-0.2, 0) is 17.6 Å². The highest BCUT2D eigenvalue weighted by atomic mass is 35.5. The molecule has 1 aromatic heterocycles. The molecule has 2 amide bonds. The van der Waals surface area contributed by atoms with E-state index >= 15 is 0 Å². The molecule has 7 heteroatoms. The Balaban J connectivity index is 1.54. The molecule has 0 unspecified atom stereocenters. The quantitative estimate of drug-likeness (QED) is 0.495. The van der Waals surface area contributed by atoms with Crippen LogP contribution < -0.4 is 10.6 Å². The lowest BCUT2D eigenvalue weighted by molar-refractivity contribution is -0.116. The SMILES string of the molecule is N#Cc1c(NC(=O)C[C@@H](NC(=O)c2ccccc2Cl)c2ccccc2)sc2c1CCCC2. The summed E-state index contributed by atoms with van der Waals surface area (Å²) >= 11 is 7.67. The highest BCUT2D eigenvalue weighted by Crippen LogP contribution is 2.37. The average Bonchev–Trinajstić information content (AvgIpc) is 3.16. The Bertz CT molecular complexity index is 1180. The predicted octanol–water partition coefficient (Wildman–Crippen LogP) is 5.65. The van der Waals surface area contributed by atoms with E-state index in [0.717, 1.165) is 36.8 Å². The molecule has 1 aliphatic rings. The van der Waals surface area contributed by atoms with Gasteiger partial charge in [-0.05, 0) is 48.9 Å². The topological polar surface area (TPSA) is 82.0 Å². The number of aryl methyl sites for hydroxylation is 1. The number of amides is 2. The van der Waals surface area contributed by atoms with E-state index in [1.807, 2.05) is 30.3 Å². The van der Waals surface area contributed by atoms with E-state index < -0.39 is 6.04 Å². The summed E-state index contributed by atoms with van der Waals surface area (Å²) in [6.07, 6.45) is 4.04. The molecular weight excluding hydrogens is 442 g/mol. The van der Waals surface area contributed by atoms with Crippen molar-refractivity contribution in [3.05, 3.63) is 86.8 Å². The Morgan fingerprint density at radius 2 is 1.78 bits per heavy atom. The minimum Gasteiger partial charge on any atom is -0.345 e. The van der Waals surface area contributed by atoms with Crippen LogP contribution in [0.25, 0.3) is 0 Å². The molecular formula is C25H22ClN3O2S. The first-order valence-corrected chi connectivity index (χ1v) is 11.7. The molecule has 1 heterocycles. The first-order chi connectivity index (χ1) is 15.6. The predicted molar refractivity (Wildman–Crippen MR) is 127 cm³/mol. The Hall–Kier alpha value is -3.14. The Morgan fingerprint density at radius 1 is 1.06 bits per heavy atom. The zero-order valence-electron chi connectivity index (χ0n) is 17.4. The summed E-state index contributed by atoms with van der Waals surface area (Å²) in [5, 5.41) is 16.5. The average molecular weight is 464 g/mol. The standard InChI is InChI=1S/C25H22ClN3O2S/c26-20-12-6-4-11-18(20)24(31)28-21(16-8-2-1-3-9-16)14-23(30)29-25-19(15-27)17-10-5-7-13-22(17)32-25/h1-4,6,8-9,11-12,21H,5,7,10,13-14H2,(H,28,31)(H,29,30)/t21-/m1/s1. The molecule has 0 saturated carbocycles. The number of nitrogens with one attached hydrogen (secondary N) is 2. The number of anilines is 1. The number of nitriles is 1. The first-order valence-electron chi connectivity index (χ1n) is 10.5. The third-order valence-electron chi connectivity index (χ3n) is 5.55. The lowest BCUT2D eigenvalue weighted by Crippen LogP contribution is -2.31. The molecule has 4 rings (SSSR count). The normalized spacial score (nSPS) is 13.5. The van der Waals surface area contributed by atoms with Crippen molar-refractivity contribution in [3.63, 3.8) is 0 Å². The molecule has 0 bridgehead atoms. The van der Waals surface area contributed by atoms with Gasteiger partial charge in [-0.2, -0.15) is 5.26 Å². The fourth-order valence-corrected chi connectivity index (χ4v) is 5.43. The Kier molecular flexibility index (Phi) is 6.89. The van der Waals surface area contributed by atoms with Gasteiger partial charge in [0.15, 0.2) is 0 Å². The van der Waals surface area contributed by atoms with Crippen molar-refractivity contribution in [1.29, 1.82) is 5.26 Å². The number of nitrogens with zero attached hydrogens (tertiary/aromatic N) is 1. The summed E-state index contributed by atoms with van der Waals surface area (Å²) in [6, 6.07) is 17.9. The number of thiophene rings is 1. The lowest BCUT2D eigenvalue weighted by Gasteiger charge is -2.19. The smallest absolute Gasteiger partial charge is 0.253 e. The maximum Gasteiger partial charge on any atom is 0.253 e. The van der Waals surface area contributed by atoms with Crippen molar-refractivity contribution in [2.75, 3.05) is 5.32 Å². The third-order valence-corrected chi connectivity index (χ3v) is 7.09. The molecule has 2 aromatic carbocycles. The van der Waals surface area contributed by atoms with E-state index in [-0.39, 0.29) is 18.2 Å². The fraction of sp³-hybridized carbons (Fsp3) is 0.240. The number of rotatable bonds is 6. The number of hydrogen-bond donors (Lipinski definition) is 2. The molecule has 2 N–H and O–H groups in total. The Labute approximate surface area is 196 Å². The summed E-state index contributed by atoms with van der Waals surface area (Å²) in [5.74, 6) is -0.602. The molecule has 32 heavy (non-hydrogen) atoms. The lowest BCUT2D eigenvalue weighted by atomic mass is 9.96. The molecule has 1 aliphatic carbocycles. The van der Waals surface area contributed by atoms with Gasteiger partial charge in [0.1, 0.15) is 11.1 Å². The second-order valence-corrected chi connectivity index (χ2v) is 9.21. The largest absolute Gasteiger partial charge is 0.345 e. The number of hydrogen-bond acceptors (Lipinski definition) is 4. The van der Waals surface area contributed by atoms with E-state index in [9.17, 15) is 14.9 Å². The van der Waals surface area contributed by atoms with E-state index in [4.69, 9.17) is 11.6 Å².